The molecule has 1 N–H and O–H groups in total. The van der Waals surface area contributed by atoms with E-state index in [0.29, 0.717) is 12.4 Å². The Balaban J connectivity index is 1.82. The van der Waals surface area contributed by atoms with Gasteiger partial charge in [0.1, 0.15) is 5.69 Å². The molecule has 2 heterocycles. The molecule has 7 nitrogen and oxygen atoms in total. The van der Waals surface area contributed by atoms with E-state index in [9.17, 15) is 14.7 Å². The average molecular weight is 341 g/mol. The molecule has 25 heavy (non-hydrogen) atoms. The normalized spacial score (nSPS) is 16.4. The van der Waals surface area contributed by atoms with Gasteiger partial charge in [-0.15, -0.1) is 0 Å². The van der Waals surface area contributed by atoms with Crippen LogP contribution in [0.1, 0.15) is 41.4 Å². The van der Waals surface area contributed by atoms with E-state index in [1.807, 2.05) is 32.0 Å². The number of amides is 1. The van der Waals surface area contributed by atoms with Crippen LogP contribution < -0.4 is 4.74 Å². The van der Waals surface area contributed by atoms with E-state index in [-0.39, 0.29) is 24.2 Å². The smallest absolute Gasteiger partial charge is 0.312 e. The van der Waals surface area contributed by atoms with Crippen LogP contribution in [0.5, 0.6) is 5.88 Å². The molecule has 1 unspecified atom stereocenters. The van der Waals surface area contributed by atoms with Crippen molar-refractivity contribution in [3.05, 3.63) is 53.5 Å². The molecule has 1 aromatic heterocycles. The summed E-state index contributed by atoms with van der Waals surface area (Å²) >= 11 is 0. The van der Waals surface area contributed by atoms with Gasteiger partial charge in [-0.2, -0.15) is 0 Å². The minimum atomic E-state index is -0.947. The Morgan fingerprint density at radius 1 is 1.24 bits per heavy atom. The highest BCUT2D eigenvalue weighted by atomic mass is 16.5. The van der Waals surface area contributed by atoms with Gasteiger partial charge < -0.3 is 14.7 Å². The molecule has 1 atom stereocenters. The summed E-state index contributed by atoms with van der Waals surface area (Å²) in [5, 5.41) is 9.49. The number of aliphatic carboxylic acids is 1. The Morgan fingerprint density at radius 3 is 2.64 bits per heavy atom. The number of carbonyl (C=O) groups is 2. The fourth-order valence-electron chi connectivity index (χ4n) is 2.86. The maximum atomic E-state index is 12.7. The molecule has 0 saturated carbocycles. The molecule has 0 saturated heterocycles. The van der Waals surface area contributed by atoms with Crippen molar-refractivity contribution in [1.82, 2.24) is 14.9 Å². The topological polar surface area (TPSA) is 92.6 Å². The zero-order chi connectivity index (χ0) is 18.0. The van der Waals surface area contributed by atoms with Crippen molar-refractivity contribution in [2.24, 2.45) is 0 Å². The van der Waals surface area contributed by atoms with Crippen LogP contribution in [0, 0.1) is 0 Å². The largest absolute Gasteiger partial charge is 0.481 e. The van der Waals surface area contributed by atoms with E-state index >= 15 is 0 Å². The summed E-state index contributed by atoms with van der Waals surface area (Å²) < 4.78 is 5.41. The van der Waals surface area contributed by atoms with Gasteiger partial charge in [-0.05, 0) is 25.0 Å². The maximum Gasteiger partial charge on any atom is 0.312 e. The molecular formula is C18H19N3O4. The fraction of sp³-hybridized carbons (Fsp3) is 0.333. The quantitative estimate of drug-likeness (QED) is 0.915. The number of carboxylic acid groups (broad SMARTS) is 1. The predicted molar refractivity (Wildman–Crippen MR) is 89.4 cm³/mol. The molecule has 0 radical (unpaired) electrons. The van der Waals surface area contributed by atoms with Crippen LogP contribution in [-0.4, -0.2) is 44.5 Å². The number of ether oxygens (including phenoxy) is 1. The second-order valence-corrected chi connectivity index (χ2v) is 6.18. The zero-order valence-corrected chi connectivity index (χ0v) is 14.0. The number of hydrogen-bond acceptors (Lipinski definition) is 5. The minimum absolute atomic E-state index is 0.0363. The van der Waals surface area contributed by atoms with Gasteiger partial charge in [0.05, 0.1) is 24.4 Å². The number of nitrogens with zero attached hydrogens (tertiary/aromatic N) is 3. The molecule has 0 aliphatic carbocycles. The molecule has 130 valence electrons. The molecule has 1 amide bonds. The summed E-state index contributed by atoms with van der Waals surface area (Å²) in [5.41, 5.74) is 1.76. The van der Waals surface area contributed by atoms with Crippen molar-refractivity contribution in [2.75, 3.05) is 6.54 Å². The molecule has 3 rings (SSSR count). The monoisotopic (exact) mass is 341 g/mol. The van der Waals surface area contributed by atoms with Crippen LogP contribution in [0.25, 0.3) is 0 Å². The zero-order valence-electron chi connectivity index (χ0n) is 14.0. The summed E-state index contributed by atoms with van der Waals surface area (Å²) in [6, 6.07) is 7.29. The first-order valence-corrected chi connectivity index (χ1v) is 8.04. The second kappa shape index (κ2) is 6.88. The van der Waals surface area contributed by atoms with E-state index in [0.717, 1.165) is 11.1 Å². The van der Waals surface area contributed by atoms with Crippen LogP contribution in [0.3, 0.4) is 0 Å². The van der Waals surface area contributed by atoms with E-state index < -0.39 is 11.9 Å². The van der Waals surface area contributed by atoms with Gasteiger partial charge in [0.25, 0.3) is 5.91 Å². The fourth-order valence-corrected chi connectivity index (χ4v) is 2.86. The van der Waals surface area contributed by atoms with Crippen molar-refractivity contribution in [3.63, 3.8) is 0 Å². The molecule has 0 bridgehead atoms. The van der Waals surface area contributed by atoms with Crippen LogP contribution in [0.2, 0.25) is 0 Å². The van der Waals surface area contributed by atoms with E-state index in [2.05, 4.69) is 9.97 Å². The Hall–Kier alpha value is -2.96. The molecule has 1 aromatic carbocycles. The van der Waals surface area contributed by atoms with Crippen molar-refractivity contribution < 1.29 is 19.4 Å². The molecule has 1 aliphatic heterocycles. The highest BCUT2D eigenvalue weighted by Crippen LogP contribution is 2.29. The SMILES string of the molecule is CC(C)Oc1cnc(C(=O)N2Cc3ccccc3C(C(=O)O)C2)cn1. The summed E-state index contributed by atoms with van der Waals surface area (Å²) in [6.07, 6.45) is 2.72. The molecular weight excluding hydrogens is 322 g/mol. The lowest BCUT2D eigenvalue weighted by atomic mass is 9.89. The number of carbonyl (C=O) groups excluding carboxylic acids is 1. The van der Waals surface area contributed by atoms with E-state index in [1.54, 1.807) is 6.07 Å². The van der Waals surface area contributed by atoms with Gasteiger partial charge in [0.2, 0.25) is 5.88 Å². The molecule has 7 heteroatoms. The molecule has 0 spiro atoms. The van der Waals surface area contributed by atoms with Crippen molar-refractivity contribution in [3.8, 4) is 5.88 Å². The highest BCUT2D eigenvalue weighted by molar-refractivity contribution is 5.93. The third-order valence-corrected chi connectivity index (χ3v) is 3.98. The van der Waals surface area contributed by atoms with Gasteiger partial charge >= 0.3 is 5.97 Å². The summed E-state index contributed by atoms with van der Waals surface area (Å²) in [7, 11) is 0. The number of aromatic nitrogens is 2. The Morgan fingerprint density at radius 2 is 2.00 bits per heavy atom. The van der Waals surface area contributed by atoms with Gasteiger partial charge in [-0.3, -0.25) is 9.59 Å². The first-order valence-electron chi connectivity index (χ1n) is 8.04. The number of benzene rings is 1. The number of carboxylic acids is 1. The summed E-state index contributed by atoms with van der Waals surface area (Å²) in [4.78, 5) is 34.0. The Bertz CT molecular complexity index is 789. The number of rotatable bonds is 4. The van der Waals surface area contributed by atoms with Crippen molar-refractivity contribution >= 4 is 11.9 Å². The van der Waals surface area contributed by atoms with E-state index in [1.165, 1.54) is 17.3 Å². The van der Waals surface area contributed by atoms with Crippen LogP contribution in [0.4, 0.5) is 0 Å². The second-order valence-electron chi connectivity index (χ2n) is 6.18. The van der Waals surface area contributed by atoms with E-state index in [4.69, 9.17) is 4.74 Å². The molecule has 2 aromatic rings. The van der Waals surface area contributed by atoms with Gasteiger partial charge in [0.15, 0.2) is 0 Å². The minimum Gasteiger partial charge on any atom is -0.481 e. The average Bonchev–Trinajstić information content (AvgIpc) is 2.60. The first-order chi connectivity index (χ1) is 12.0. The lowest BCUT2D eigenvalue weighted by Gasteiger charge is -2.32. The van der Waals surface area contributed by atoms with Gasteiger partial charge in [-0.1, -0.05) is 24.3 Å². The number of fused-ring (bicyclic) bond motifs is 1. The van der Waals surface area contributed by atoms with Crippen molar-refractivity contribution in [2.45, 2.75) is 32.4 Å². The standard InChI is InChI=1S/C18H19N3O4/c1-11(2)25-16-8-19-15(7-20-16)17(22)21-9-12-5-3-4-6-13(12)14(10-21)18(23)24/h3-8,11,14H,9-10H2,1-2H3,(H,23,24). The van der Waals surface area contributed by atoms with Crippen LogP contribution >= 0.6 is 0 Å². The molecule has 1 aliphatic rings. The summed E-state index contributed by atoms with van der Waals surface area (Å²) in [6.45, 7) is 4.21. The summed E-state index contributed by atoms with van der Waals surface area (Å²) in [5.74, 6) is -1.69. The van der Waals surface area contributed by atoms with Crippen molar-refractivity contribution in [1.29, 1.82) is 0 Å². The lowest BCUT2D eigenvalue weighted by Crippen LogP contribution is -2.40. The van der Waals surface area contributed by atoms with Gasteiger partial charge in [0, 0.05) is 13.1 Å². The van der Waals surface area contributed by atoms with Crippen LogP contribution in [0.15, 0.2) is 36.7 Å². The van der Waals surface area contributed by atoms with Crippen LogP contribution in [-0.2, 0) is 11.3 Å². The predicted octanol–water partition coefficient (Wildman–Crippen LogP) is 2.09. The lowest BCUT2D eigenvalue weighted by molar-refractivity contribution is -0.139. The maximum absolute atomic E-state index is 12.7. The third-order valence-electron chi connectivity index (χ3n) is 3.98. The molecule has 0 fully saturated rings. The Kier molecular flexibility index (Phi) is 4.65. The van der Waals surface area contributed by atoms with Gasteiger partial charge in [-0.25, -0.2) is 9.97 Å². The first kappa shape index (κ1) is 16.9. The highest BCUT2D eigenvalue weighted by Gasteiger charge is 2.33. The third kappa shape index (κ3) is 3.60. The number of hydrogen-bond donors (Lipinski definition) is 1. The Labute approximate surface area is 145 Å².